The number of nitriles is 2. The fraction of sp³-hybridized carbons (Fsp3) is 0.214. The second-order valence-corrected chi connectivity index (χ2v) is 5.57. The van der Waals surface area contributed by atoms with Gasteiger partial charge in [0, 0.05) is 16.5 Å². The topological polar surface area (TPSA) is 77.5 Å². The van der Waals surface area contributed by atoms with Gasteiger partial charge in [-0.3, -0.25) is 0 Å². The Morgan fingerprint density at radius 2 is 1.95 bits per heavy atom. The Labute approximate surface area is 139 Å². The van der Waals surface area contributed by atoms with E-state index >= 15 is 0 Å². The van der Waals surface area contributed by atoms with E-state index in [0.29, 0.717) is 16.2 Å². The molecule has 102 valence electrons. The third kappa shape index (κ3) is 2.97. The maximum atomic E-state index is 9.36. The highest BCUT2D eigenvalue weighted by molar-refractivity contribution is 8.06. The predicted molar refractivity (Wildman–Crippen MR) is 73.1 cm³/mol. The summed E-state index contributed by atoms with van der Waals surface area (Å²) < 4.78 is 1.90. The molecule has 6 heteroatoms. The summed E-state index contributed by atoms with van der Waals surface area (Å²) in [5.41, 5.74) is 7.89. The molecule has 4 nitrogen and oxygen atoms in total. The molecule has 0 amide bonds. The number of allylic oxidation sites excluding steroid dienone is 3. The zero-order chi connectivity index (χ0) is 14.0. The molecule has 1 aromatic heterocycles. The minimum absolute atomic E-state index is 0. The van der Waals surface area contributed by atoms with Gasteiger partial charge in [0.1, 0.15) is 7.05 Å². The van der Waals surface area contributed by atoms with Gasteiger partial charge in [0.05, 0.1) is 34.2 Å². The number of hydrogen-bond acceptors (Lipinski definition) is 4. The molecule has 2 N–H and O–H groups in total. The van der Waals surface area contributed by atoms with Gasteiger partial charge in [-0.2, -0.15) is 10.5 Å². The average Bonchev–Trinajstić information content (AvgIpc) is 2.38. The van der Waals surface area contributed by atoms with Gasteiger partial charge in [0.15, 0.2) is 12.4 Å². The van der Waals surface area contributed by atoms with Gasteiger partial charge in [0.2, 0.25) is 0 Å². The van der Waals surface area contributed by atoms with Gasteiger partial charge < -0.3 is 29.7 Å². The molecule has 1 atom stereocenters. The summed E-state index contributed by atoms with van der Waals surface area (Å²) in [7, 11) is 1.91. The van der Waals surface area contributed by atoms with Crippen molar-refractivity contribution in [1.82, 2.24) is 0 Å². The van der Waals surface area contributed by atoms with Crippen LogP contribution in [-0.2, 0) is 7.05 Å². The SMILES string of the molecule is CC1=C(C#N)C(c2ccc[n+](C)c2)C(C#N)=C(N)S1.[I-]. The Balaban J connectivity index is 0.00000200. The summed E-state index contributed by atoms with van der Waals surface area (Å²) in [5, 5.41) is 19.2. The first-order valence-corrected chi connectivity index (χ1v) is 6.53. The molecule has 0 radical (unpaired) electrons. The third-order valence-corrected chi connectivity index (χ3v) is 3.99. The number of halogens is 1. The van der Waals surface area contributed by atoms with E-state index in [2.05, 4.69) is 12.1 Å². The zero-order valence-corrected chi connectivity index (χ0v) is 14.1. The van der Waals surface area contributed by atoms with Crippen molar-refractivity contribution in [3.05, 3.63) is 51.2 Å². The number of rotatable bonds is 1. The Morgan fingerprint density at radius 1 is 1.30 bits per heavy atom. The summed E-state index contributed by atoms with van der Waals surface area (Å²) >= 11 is 1.29. The number of aryl methyl sites for hydroxylation is 1. The summed E-state index contributed by atoms with van der Waals surface area (Å²) in [6, 6.07) is 8.17. The first-order chi connectivity index (χ1) is 9.08. The van der Waals surface area contributed by atoms with Crippen LogP contribution in [0.5, 0.6) is 0 Å². The lowest BCUT2D eigenvalue weighted by Crippen LogP contribution is -3.00. The maximum Gasteiger partial charge on any atom is 0.172 e. The molecule has 2 heterocycles. The summed E-state index contributed by atoms with van der Waals surface area (Å²) in [6.45, 7) is 1.86. The van der Waals surface area contributed by atoms with Crippen LogP contribution in [0.4, 0.5) is 0 Å². The van der Waals surface area contributed by atoms with Gasteiger partial charge in [-0.25, -0.2) is 4.57 Å². The predicted octanol–water partition coefficient (Wildman–Crippen LogP) is -1.16. The third-order valence-electron chi connectivity index (χ3n) is 3.02. The lowest BCUT2D eigenvalue weighted by molar-refractivity contribution is -0.671. The van der Waals surface area contributed by atoms with Crippen LogP contribution in [0, 0.1) is 22.7 Å². The first kappa shape index (κ1) is 16.5. The zero-order valence-electron chi connectivity index (χ0n) is 11.1. The molecule has 0 aromatic carbocycles. The van der Waals surface area contributed by atoms with E-state index in [0.717, 1.165) is 10.5 Å². The number of nitrogens with zero attached hydrogens (tertiary/aromatic N) is 3. The van der Waals surface area contributed by atoms with Crippen molar-refractivity contribution >= 4 is 11.8 Å². The second kappa shape index (κ2) is 6.78. The van der Waals surface area contributed by atoms with Gasteiger partial charge in [0.25, 0.3) is 0 Å². The highest BCUT2D eigenvalue weighted by atomic mass is 127. The van der Waals surface area contributed by atoms with Crippen LogP contribution in [0.15, 0.2) is 45.6 Å². The normalized spacial score (nSPS) is 18.1. The molecular weight excluding hydrogens is 383 g/mol. The highest BCUT2D eigenvalue weighted by Crippen LogP contribution is 2.43. The fourth-order valence-corrected chi connectivity index (χ4v) is 3.02. The van der Waals surface area contributed by atoms with Crippen molar-refractivity contribution in [3.63, 3.8) is 0 Å². The Morgan fingerprint density at radius 3 is 2.50 bits per heavy atom. The number of thioether (sulfide) groups is 1. The van der Waals surface area contributed by atoms with E-state index in [1.54, 1.807) is 0 Å². The highest BCUT2D eigenvalue weighted by Gasteiger charge is 2.31. The van der Waals surface area contributed by atoms with Gasteiger partial charge in [-0.15, -0.1) is 0 Å². The van der Waals surface area contributed by atoms with Crippen molar-refractivity contribution in [3.8, 4) is 12.1 Å². The number of hydrogen-bond donors (Lipinski definition) is 1. The monoisotopic (exact) mass is 396 g/mol. The lowest BCUT2D eigenvalue weighted by Gasteiger charge is -2.22. The Bertz CT molecular complexity index is 643. The quantitative estimate of drug-likeness (QED) is 0.480. The van der Waals surface area contributed by atoms with E-state index in [9.17, 15) is 10.5 Å². The minimum Gasteiger partial charge on any atom is -1.00 e. The molecule has 1 aliphatic rings. The average molecular weight is 396 g/mol. The number of pyridine rings is 1. The standard InChI is InChI=1S/C14H13N4S.HI/c1-9-11(6-15)13(12(7-16)14(17)19-9)10-4-3-5-18(2)8-10;/h3-5,8,13H,17H2,1-2H3;1H/q+1;/p-1. The van der Waals surface area contributed by atoms with Crippen molar-refractivity contribution < 1.29 is 28.5 Å². The largest absolute Gasteiger partial charge is 1.00 e. The molecule has 1 aromatic rings. The van der Waals surface area contributed by atoms with Crippen LogP contribution in [0.3, 0.4) is 0 Å². The summed E-state index contributed by atoms with van der Waals surface area (Å²) in [6.07, 6.45) is 3.82. The fourth-order valence-electron chi connectivity index (χ4n) is 2.14. The molecule has 1 aliphatic heterocycles. The first-order valence-electron chi connectivity index (χ1n) is 5.72. The van der Waals surface area contributed by atoms with Crippen LogP contribution in [0.25, 0.3) is 0 Å². The van der Waals surface area contributed by atoms with Gasteiger partial charge >= 0.3 is 0 Å². The Kier molecular flexibility index (Phi) is 5.61. The number of nitrogens with two attached hydrogens (primary N) is 1. The van der Waals surface area contributed by atoms with Crippen molar-refractivity contribution in [2.45, 2.75) is 12.8 Å². The molecule has 1 unspecified atom stereocenters. The molecule has 20 heavy (non-hydrogen) atoms. The minimum atomic E-state index is -0.358. The molecule has 0 bridgehead atoms. The smallest absolute Gasteiger partial charge is 0.172 e. The van der Waals surface area contributed by atoms with E-state index in [-0.39, 0.29) is 29.9 Å². The molecular formula is C14H13IN4S. The molecule has 0 aliphatic carbocycles. The molecule has 0 spiro atoms. The van der Waals surface area contributed by atoms with Crippen molar-refractivity contribution in [2.24, 2.45) is 12.8 Å². The van der Waals surface area contributed by atoms with Crippen LogP contribution in [0.2, 0.25) is 0 Å². The van der Waals surface area contributed by atoms with Crippen LogP contribution in [0.1, 0.15) is 18.4 Å². The summed E-state index contributed by atoms with van der Waals surface area (Å²) in [5.74, 6) is -0.358. The molecule has 0 fully saturated rings. The maximum absolute atomic E-state index is 9.36. The Hall–Kier alpha value is -1.51. The van der Waals surface area contributed by atoms with Gasteiger partial charge in [-0.05, 0) is 13.0 Å². The lowest BCUT2D eigenvalue weighted by atomic mass is 9.86. The molecule has 2 rings (SSSR count). The van der Waals surface area contributed by atoms with E-state index in [1.165, 1.54) is 11.8 Å². The van der Waals surface area contributed by atoms with E-state index in [1.807, 2.05) is 43.1 Å². The number of aromatic nitrogens is 1. The second-order valence-electron chi connectivity index (χ2n) is 4.31. The summed E-state index contributed by atoms with van der Waals surface area (Å²) in [4.78, 5) is 0.857. The van der Waals surface area contributed by atoms with Crippen molar-refractivity contribution in [2.75, 3.05) is 0 Å². The van der Waals surface area contributed by atoms with Crippen LogP contribution < -0.4 is 34.3 Å². The van der Waals surface area contributed by atoms with Crippen molar-refractivity contribution in [1.29, 1.82) is 10.5 Å². The van der Waals surface area contributed by atoms with E-state index in [4.69, 9.17) is 5.73 Å². The molecule has 0 saturated heterocycles. The van der Waals surface area contributed by atoms with Crippen LogP contribution >= 0.6 is 11.8 Å². The van der Waals surface area contributed by atoms with Crippen LogP contribution in [-0.4, -0.2) is 0 Å². The molecule has 0 saturated carbocycles. The van der Waals surface area contributed by atoms with Gasteiger partial charge in [-0.1, -0.05) is 11.8 Å². The van der Waals surface area contributed by atoms with E-state index < -0.39 is 0 Å².